The first-order valence-electron chi connectivity index (χ1n) is 6.64. The Morgan fingerprint density at radius 1 is 1.42 bits per heavy atom. The minimum atomic E-state index is 0.0717. The lowest BCUT2D eigenvalue weighted by Gasteiger charge is -2.49. The summed E-state index contributed by atoms with van der Waals surface area (Å²) >= 11 is 0. The Morgan fingerprint density at radius 2 is 2.11 bits per heavy atom. The molecule has 0 spiro atoms. The number of anilines is 1. The molecule has 104 valence electrons. The molecule has 1 aromatic rings. The van der Waals surface area contributed by atoms with Gasteiger partial charge in [-0.1, -0.05) is 0 Å². The molecule has 1 aliphatic carbocycles. The van der Waals surface area contributed by atoms with E-state index in [9.17, 15) is 0 Å². The maximum absolute atomic E-state index is 7.64. The molecule has 1 aromatic heterocycles. The van der Waals surface area contributed by atoms with Crippen LogP contribution in [0.25, 0.3) is 0 Å². The molecule has 1 fully saturated rings. The summed E-state index contributed by atoms with van der Waals surface area (Å²) in [5.74, 6) is 0.866. The van der Waals surface area contributed by atoms with Gasteiger partial charge in [0.15, 0.2) is 0 Å². The van der Waals surface area contributed by atoms with E-state index >= 15 is 0 Å². The third kappa shape index (κ3) is 2.56. The van der Waals surface area contributed by atoms with E-state index in [0.29, 0.717) is 5.56 Å². The van der Waals surface area contributed by atoms with Crippen molar-refractivity contribution in [1.82, 2.24) is 9.88 Å². The van der Waals surface area contributed by atoms with Crippen LogP contribution in [0.2, 0.25) is 0 Å². The fourth-order valence-electron chi connectivity index (χ4n) is 2.76. The zero-order chi connectivity index (χ0) is 14.0. The van der Waals surface area contributed by atoms with Crippen LogP contribution in [0.1, 0.15) is 24.8 Å². The van der Waals surface area contributed by atoms with Crippen molar-refractivity contribution in [3.05, 3.63) is 23.9 Å². The number of amidine groups is 1. The number of aromatic nitrogens is 1. The number of hydrogen-bond acceptors (Lipinski definition) is 4. The lowest BCUT2D eigenvalue weighted by molar-refractivity contribution is 0.0682. The van der Waals surface area contributed by atoms with Gasteiger partial charge >= 0.3 is 0 Å². The quantitative estimate of drug-likeness (QED) is 0.619. The van der Waals surface area contributed by atoms with Gasteiger partial charge in [0.2, 0.25) is 0 Å². The number of rotatable bonds is 5. The Balaban J connectivity index is 2.20. The van der Waals surface area contributed by atoms with Crippen molar-refractivity contribution in [2.45, 2.75) is 24.8 Å². The van der Waals surface area contributed by atoms with Gasteiger partial charge in [-0.05, 0) is 45.5 Å². The summed E-state index contributed by atoms with van der Waals surface area (Å²) in [6.07, 6.45) is 5.47. The summed E-state index contributed by atoms with van der Waals surface area (Å²) < 4.78 is 0. The number of likely N-dealkylation sites (N-methyl/N-ethyl adjacent to an activating group) is 2. The van der Waals surface area contributed by atoms with E-state index in [0.717, 1.165) is 12.4 Å². The molecule has 19 heavy (non-hydrogen) atoms. The molecule has 0 aromatic carbocycles. The Kier molecular flexibility index (Phi) is 3.75. The molecule has 0 amide bonds. The minimum absolute atomic E-state index is 0.0717. The van der Waals surface area contributed by atoms with Crippen LogP contribution in [0.4, 0.5) is 5.82 Å². The number of hydrogen-bond donors (Lipinski definition) is 2. The van der Waals surface area contributed by atoms with Gasteiger partial charge in [-0.25, -0.2) is 4.98 Å². The Bertz CT molecular complexity index is 465. The second kappa shape index (κ2) is 5.17. The van der Waals surface area contributed by atoms with Crippen LogP contribution in [0.15, 0.2) is 18.3 Å². The van der Waals surface area contributed by atoms with Crippen LogP contribution < -0.4 is 10.6 Å². The Hall–Kier alpha value is -1.62. The highest BCUT2D eigenvalue weighted by atomic mass is 15.2. The van der Waals surface area contributed by atoms with E-state index in [4.69, 9.17) is 11.1 Å². The average molecular weight is 261 g/mol. The first-order valence-corrected chi connectivity index (χ1v) is 6.64. The second-order valence-corrected chi connectivity index (χ2v) is 5.62. The minimum Gasteiger partial charge on any atom is -0.384 e. The van der Waals surface area contributed by atoms with Gasteiger partial charge < -0.3 is 15.5 Å². The second-order valence-electron chi connectivity index (χ2n) is 5.62. The maximum atomic E-state index is 7.64. The first kappa shape index (κ1) is 13.8. The van der Waals surface area contributed by atoms with E-state index in [2.05, 4.69) is 28.9 Å². The number of nitrogens with zero attached hydrogens (tertiary/aromatic N) is 3. The molecule has 0 unspecified atom stereocenters. The van der Waals surface area contributed by atoms with Crippen molar-refractivity contribution in [3.8, 4) is 0 Å². The summed E-state index contributed by atoms with van der Waals surface area (Å²) in [5, 5.41) is 7.64. The Labute approximate surface area is 114 Å². The molecule has 3 N–H and O–H groups in total. The number of pyridine rings is 1. The summed E-state index contributed by atoms with van der Waals surface area (Å²) in [6.45, 7) is 0.914. The smallest absolute Gasteiger partial charge is 0.139 e. The van der Waals surface area contributed by atoms with E-state index in [1.807, 2.05) is 19.2 Å². The molecule has 0 aliphatic heterocycles. The van der Waals surface area contributed by atoms with Crippen molar-refractivity contribution in [1.29, 1.82) is 5.41 Å². The molecule has 5 nitrogen and oxygen atoms in total. The fraction of sp³-hybridized carbons (Fsp3) is 0.571. The average Bonchev–Trinajstić information content (AvgIpc) is 2.33. The molecular formula is C14H23N5. The monoisotopic (exact) mass is 261 g/mol. The van der Waals surface area contributed by atoms with E-state index in [-0.39, 0.29) is 11.4 Å². The van der Waals surface area contributed by atoms with E-state index in [1.54, 1.807) is 6.20 Å². The summed E-state index contributed by atoms with van der Waals surface area (Å²) in [5.41, 5.74) is 6.57. The van der Waals surface area contributed by atoms with E-state index < -0.39 is 0 Å². The van der Waals surface area contributed by atoms with Crippen LogP contribution in [-0.2, 0) is 0 Å². The highest BCUT2D eigenvalue weighted by Gasteiger charge is 2.40. The highest BCUT2D eigenvalue weighted by Crippen LogP contribution is 2.37. The number of nitrogens with one attached hydrogen (secondary N) is 1. The molecule has 2 rings (SSSR count). The molecule has 1 saturated carbocycles. The number of nitrogens with two attached hydrogens (primary N) is 1. The van der Waals surface area contributed by atoms with Crippen LogP contribution >= 0.6 is 0 Å². The van der Waals surface area contributed by atoms with Gasteiger partial charge in [0.1, 0.15) is 11.7 Å². The summed E-state index contributed by atoms with van der Waals surface area (Å²) in [7, 11) is 6.30. The Morgan fingerprint density at radius 3 is 2.58 bits per heavy atom. The van der Waals surface area contributed by atoms with Crippen LogP contribution in [0.3, 0.4) is 0 Å². The lowest BCUT2D eigenvalue weighted by Crippen LogP contribution is -2.57. The van der Waals surface area contributed by atoms with Gasteiger partial charge in [0.05, 0.1) is 5.56 Å². The predicted octanol–water partition coefficient (Wildman–Crippen LogP) is 1.29. The van der Waals surface area contributed by atoms with Gasteiger partial charge in [-0.3, -0.25) is 5.41 Å². The van der Waals surface area contributed by atoms with Crippen LogP contribution in [0, 0.1) is 5.41 Å². The molecule has 0 radical (unpaired) electrons. The lowest BCUT2D eigenvalue weighted by atomic mass is 9.75. The van der Waals surface area contributed by atoms with Crippen molar-refractivity contribution >= 4 is 11.7 Å². The van der Waals surface area contributed by atoms with Crippen molar-refractivity contribution in [2.75, 3.05) is 32.6 Å². The standard InChI is InChI=1S/C14H23N5/c1-18(2)14(7-5-8-14)10-19(3)13-11(12(15)16)6-4-9-17-13/h4,6,9H,5,7-8,10H2,1-3H3,(H3,15,16). The maximum Gasteiger partial charge on any atom is 0.139 e. The summed E-state index contributed by atoms with van der Waals surface area (Å²) in [4.78, 5) is 8.82. The van der Waals surface area contributed by atoms with Gasteiger partial charge in [-0.15, -0.1) is 0 Å². The van der Waals surface area contributed by atoms with Crippen LogP contribution in [-0.4, -0.2) is 48.9 Å². The topological polar surface area (TPSA) is 69.2 Å². The van der Waals surface area contributed by atoms with Crippen molar-refractivity contribution < 1.29 is 0 Å². The molecule has 0 bridgehead atoms. The van der Waals surface area contributed by atoms with Crippen molar-refractivity contribution in [3.63, 3.8) is 0 Å². The predicted molar refractivity (Wildman–Crippen MR) is 78.8 cm³/mol. The normalized spacial score (nSPS) is 17.1. The van der Waals surface area contributed by atoms with Crippen LogP contribution in [0.5, 0.6) is 0 Å². The van der Waals surface area contributed by atoms with Gasteiger partial charge in [0, 0.05) is 25.3 Å². The molecule has 1 heterocycles. The zero-order valence-electron chi connectivity index (χ0n) is 12.0. The van der Waals surface area contributed by atoms with Gasteiger partial charge in [0.25, 0.3) is 0 Å². The highest BCUT2D eigenvalue weighted by molar-refractivity contribution is 5.99. The van der Waals surface area contributed by atoms with Crippen molar-refractivity contribution in [2.24, 2.45) is 5.73 Å². The molecule has 0 atom stereocenters. The fourth-order valence-corrected chi connectivity index (χ4v) is 2.76. The molecule has 0 saturated heterocycles. The largest absolute Gasteiger partial charge is 0.384 e. The van der Waals surface area contributed by atoms with Gasteiger partial charge in [-0.2, -0.15) is 0 Å². The third-order valence-electron chi connectivity index (χ3n) is 4.20. The molecular weight excluding hydrogens is 238 g/mol. The third-order valence-corrected chi connectivity index (χ3v) is 4.20. The summed E-state index contributed by atoms with van der Waals surface area (Å²) in [6, 6.07) is 3.67. The molecule has 1 aliphatic rings. The van der Waals surface area contributed by atoms with E-state index in [1.165, 1.54) is 19.3 Å². The first-order chi connectivity index (χ1) is 8.96. The SMILES string of the molecule is CN(CC1(N(C)C)CCC1)c1ncccc1C(=N)N. The molecule has 5 heteroatoms. The zero-order valence-corrected chi connectivity index (χ0v) is 12.0. The number of nitrogen functional groups attached to an aromatic ring is 1.